The van der Waals surface area contributed by atoms with Gasteiger partial charge in [-0.25, -0.2) is 0 Å². The van der Waals surface area contributed by atoms with Gasteiger partial charge in [0.2, 0.25) is 0 Å². The minimum atomic E-state index is 0.567. The van der Waals surface area contributed by atoms with Crippen LogP contribution in [-0.2, 0) is 0 Å². The van der Waals surface area contributed by atoms with Crippen LogP contribution in [0.2, 0.25) is 0 Å². The van der Waals surface area contributed by atoms with Crippen molar-refractivity contribution in [2.24, 2.45) is 10.8 Å². The second kappa shape index (κ2) is 5.42. The van der Waals surface area contributed by atoms with E-state index in [1.807, 2.05) is 0 Å². The first-order valence-electron chi connectivity index (χ1n) is 7.50. The Morgan fingerprint density at radius 1 is 0.647 bits per heavy atom. The molecule has 2 fully saturated rings. The monoisotopic (exact) mass is 232 g/mol. The van der Waals surface area contributed by atoms with Crippen LogP contribution in [0.1, 0.15) is 70.6 Å². The van der Waals surface area contributed by atoms with Gasteiger partial charge in [-0.2, -0.15) is 0 Å². The van der Waals surface area contributed by atoms with Crippen molar-refractivity contribution in [1.82, 2.24) is 0 Å². The predicted octanol–water partition coefficient (Wildman–Crippen LogP) is 5.65. The summed E-state index contributed by atoms with van der Waals surface area (Å²) in [7, 11) is 0. The molecule has 0 N–H and O–H groups in total. The Bertz CT molecular complexity index is 262. The van der Waals surface area contributed by atoms with E-state index in [0.717, 1.165) is 0 Å². The minimum Gasteiger partial charge on any atom is -0.103 e. The summed E-state index contributed by atoms with van der Waals surface area (Å²) in [5.41, 5.74) is 1.14. The maximum Gasteiger partial charge on any atom is -0.0204 e. The van der Waals surface area contributed by atoms with Crippen molar-refractivity contribution < 1.29 is 0 Å². The van der Waals surface area contributed by atoms with Crippen LogP contribution in [0, 0.1) is 10.8 Å². The molecule has 0 bridgehead atoms. The molecule has 0 amide bonds. The fourth-order valence-electron chi connectivity index (χ4n) is 4.73. The molecular weight excluding hydrogens is 204 g/mol. The van der Waals surface area contributed by atoms with Gasteiger partial charge in [-0.1, -0.05) is 44.3 Å². The van der Waals surface area contributed by atoms with Gasteiger partial charge in [0.1, 0.15) is 0 Å². The summed E-state index contributed by atoms with van der Waals surface area (Å²) < 4.78 is 0. The molecule has 96 valence electrons. The van der Waals surface area contributed by atoms with Crippen molar-refractivity contribution in [3.63, 3.8) is 0 Å². The molecule has 0 spiro atoms. The lowest BCUT2D eigenvalue weighted by Crippen LogP contribution is -2.41. The Morgan fingerprint density at radius 2 is 1.00 bits per heavy atom. The van der Waals surface area contributed by atoms with Gasteiger partial charge >= 0.3 is 0 Å². The summed E-state index contributed by atoms with van der Waals surface area (Å²) in [4.78, 5) is 0. The Kier molecular flexibility index (Phi) is 4.12. The maximum atomic E-state index is 4.04. The van der Waals surface area contributed by atoms with Gasteiger partial charge in [-0.3, -0.25) is 0 Å². The van der Waals surface area contributed by atoms with Gasteiger partial charge in [0, 0.05) is 0 Å². The third kappa shape index (κ3) is 2.23. The zero-order chi connectivity index (χ0) is 12.2. The average Bonchev–Trinajstić information content (AvgIpc) is 2.81. The van der Waals surface area contributed by atoms with E-state index in [2.05, 4.69) is 25.3 Å². The lowest BCUT2D eigenvalue weighted by Gasteiger charge is -2.51. The molecule has 0 heterocycles. The van der Waals surface area contributed by atoms with E-state index in [1.54, 1.807) is 0 Å². The Balaban J connectivity index is 2.27. The summed E-state index contributed by atoms with van der Waals surface area (Å²) in [5, 5.41) is 0. The highest BCUT2D eigenvalue weighted by Crippen LogP contribution is 2.61. The van der Waals surface area contributed by atoms with Crippen LogP contribution in [0.15, 0.2) is 25.3 Å². The molecule has 0 heteroatoms. The first-order chi connectivity index (χ1) is 8.29. The molecule has 2 rings (SSSR count). The molecule has 0 aromatic rings. The van der Waals surface area contributed by atoms with E-state index >= 15 is 0 Å². The van der Waals surface area contributed by atoms with E-state index in [4.69, 9.17) is 0 Å². The molecule has 0 aromatic heterocycles. The third-order valence-corrected chi connectivity index (χ3v) is 5.57. The van der Waals surface area contributed by atoms with E-state index in [-0.39, 0.29) is 0 Å². The van der Waals surface area contributed by atoms with Gasteiger partial charge in [0.25, 0.3) is 0 Å². The molecule has 0 atom stereocenters. The zero-order valence-electron chi connectivity index (χ0n) is 11.3. The van der Waals surface area contributed by atoms with Crippen molar-refractivity contribution in [2.75, 3.05) is 0 Å². The third-order valence-electron chi connectivity index (χ3n) is 5.57. The molecule has 2 aliphatic carbocycles. The quantitative estimate of drug-likeness (QED) is 0.537. The maximum absolute atomic E-state index is 4.04. The highest BCUT2D eigenvalue weighted by atomic mass is 14.5. The summed E-state index contributed by atoms with van der Waals surface area (Å²) in [5.74, 6) is 0. The molecule has 2 aliphatic rings. The number of hydrogen-bond acceptors (Lipinski definition) is 0. The highest BCUT2D eigenvalue weighted by Gasteiger charge is 2.50. The van der Waals surface area contributed by atoms with Crippen LogP contribution in [-0.4, -0.2) is 0 Å². The van der Waals surface area contributed by atoms with E-state index in [1.165, 1.54) is 70.6 Å². The molecule has 0 aliphatic heterocycles. The SMILES string of the molecule is C=CCC1(C2(CC=C)CCCC2)CCCCC1. The Labute approximate surface area is 107 Å². The van der Waals surface area contributed by atoms with Crippen molar-refractivity contribution in [2.45, 2.75) is 70.6 Å². The Morgan fingerprint density at radius 3 is 1.35 bits per heavy atom. The van der Waals surface area contributed by atoms with Gasteiger partial charge < -0.3 is 0 Å². The summed E-state index contributed by atoms with van der Waals surface area (Å²) in [6.07, 6.45) is 19.8. The van der Waals surface area contributed by atoms with Crippen molar-refractivity contribution in [3.05, 3.63) is 25.3 Å². The molecular formula is C17H28. The number of allylic oxidation sites excluding steroid dienone is 2. The summed E-state index contributed by atoms with van der Waals surface area (Å²) in [6, 6.07) is 0. The molecule has 0 saturated heterocycles. The van der Waals surface area contributed by atoms with E-state index in [0.29, 0.717) is 10.8 Å². The predicted molar refractivity (Wildman–Crippen MR) is 76.0 cm³/mol. The van der Waals surface area contributed by atoms with Crippen LogP contribution < -0.4 is 0 Å². The second-order valence-corrected chi connectivity index (χ2v) is 6.31. The Hall–Kier alpha value is -0.520. The molecule has 2 saturated carbocycles. The average molecular weight is 232 g/mol. The molecule has 0 nitrogen and oxygen atoms in total. The first kappa shape index (κ1) is 12.9. The molecule has 0 aromatic carbocycles. The highest BCUT2D eigenvalue weighted by molar-refractivity contribution is 5.06. The van der Waals surface area contributed by atoms with Crippen LogP contribution in [0.5, 0.6) is 0 Å². The summed E-state index contributed by atoms with van der Waals surface area (Å²) >= 11 is 0. The number of hydrogen-bond donors (Lipinski definition) is 0. The zero-order valence-corrected chi connectivity index (χ0v) is 11.3. The molecule has 0 unspecified atom stereocenters. The lowest BCUT2D eigenvalue weighted by atomic mass is 9.53. The van der Waals surface area contributed by atoms with Crippen LogP contribution in [0.3, 0.4) is 0 Å². The topological polar surface area (TPSA) is 0 Å². The fourth-order valence-corrected chi connectivity index (χ4v) is 4.73. The van der Waals surface area contributed by atoms with Crippen molar-refractivity contribution >= 4 is 0 Å². The van der Waals surface area contributed by atoms with Crippen LogP contribution in [0.4, 0.5) is 0 Å². The molecule has 0 radical (unpaired) electrons. The number of rotatable bonds is 5. The van der Waals surface area contributed by atoms with Crippen LogP contribution in [0.25, 0.3) is 0 Å². The van der Waals surface area contributed by atoms with E-state index < -0.39 is 0 Å². The molecule has 17 heavy (non-hydrogen) atoms. The van der Waals surface area contributed by atoms with E-state index in [9.17, 15) is 0 Å². The largest absolute Gasteiger partial charge is 0.103 e. The minimum absolute atomic E-state index is 0.567. The first-order valence-corrected chi connectivity index (χ1v) is 7.50. The fraction of sp³-hybridized carbons (Fsp3) is 0.765. The van der Waals surface area contributed by atoms with Crippen molar-refractivity contribution in [1.29, 1.82) is 0 Å². The smallest absolute Gasteiger partial charge is 0.0204 e. The normalized spacial score (nSPS) is 26.6. The van der Waals surface area contributed by atoms with Crippen LogP contribution >= 0.6 is 0 Å². The standard InChI is InChI=1S/C17H28/c1-3-10-16(12-6-5-7-13-16)17(11-4-2)14-8-9-15-17/h3-4H,1-2,5-15H2. The van der Waals surface area contributed by atoms with Crippen molar-refractivity contribution in [3.8, 4) is 0 Å². The van der Waals surface area contributed by atoms with Gasteiger partial charge in [0.15, 0.2) is 0 Å². The lowest BCUT2D eigenvalue weighted by molar-refractivity contribution is 0.00385. The van der Waals surface area contributed by atoms with Gasteiger partial charge in [0.05, 0.1) is 0 Å². The van der Waals surface area contributed by atoms with Gasteiger partial charge in [-0.15, -0.1) is 13.2 Å². The van der Waals surface area contributed by atoms with Gasteiger partial charge in [-0.05, 0) is 49.4 Å². The summed E-state index contributed by atoms with van der Waals surface area (Å²) in [6.45, 7) is 8.07. The second-order valence-electron chi connectivity index (χ2n) is 6.31.